The molecule has 1 amide bonds. The standard InChI is InChI=1S/C24H24N2O4S/c1-17-7-6-8-18(2)24(17)26-31(28,29)21-14-12-20(13-15-21)25-23(27)16-11-19-9-4-5-10-22(19)30-3/h4-16,26H,1-3H3,(H,25,27). The van der Waals surface area contributed by atoms with Crippen molar-refractivity contribution in [3.05, 3.63) is 89.5 Å². The van der Waals surface area contributed by atoms with Crippen molar-refractivity contribution in [2.24, 2.45) is 0 Å². The van der Waals surface area contributed by atoms with Gasteiger partial charge in [-0.2, -0.15) is 0 Å². The molecule has 0 saturated carbocycles. The fraction of sp³-hybridized carbons (Fsp3) is 0.125. The van der Waals surface area contributed by atoms with Gasteiger partial charge in [0.1, 0.15) is 5.75 Å². The summed E-state index contributed by atoms with van der Waals surface area (Å²) >= 11 is 0. The van der Waals surface area contributed by atoms with Gasteiger partial charge < -0.3 is 10.1 Å². The molecular formula is C24H24N2O4S. The number of carbonyl (C=O) groups excluding carboxylic acids is 1. The number of carbonyl (C=O) groups is 1. The van der Waals surface area contributed by atoms with Crippen molar-refractivity contribution >= 4 is 33.4 Å². The molecule has 3 rings (SSSR count). The number of sulfonamides is 1. The summed E-state index contributed by atoms with van der Waals surface area (Å²) in [5.74, 6) is 0.327. The number of nitrogens with one attached hydrogen (secondary N) is 2. The van der Waals surface area contributed by atoms with Crippen molar-refractivity contribution in [3.63, 3.8) is 0 Å². The molecule has 0 saturated heterocycles. The second-order valence-corrected chi connectivity index (χ2v) is 8.64. The first-order chi connectivity index (χ1) is 14.8. The van der Waals surface area contributed by atoms with Crippen LogP contribution in [0, 0.1) is 13.8 Å². The SMILES string of the molecule is COc1ccccc1C=CC(=O)Nc1ccc(S(=O)(=O)Nc2c(C)cccc2C)cc1. The maximum absolute atomic E-state index is 12.7. The van der Waals surface area contributed by atoms with Crippen LogP contribution in [0.3, 0.4) is 0 Å². The van der Waals surface area contributed by atoms with E-state index in [1.165, 1.54) is 18.2 Å². The molecule has 0 aliphatic rings. The Labute approximate surface area is 182 Å². The number of anilines is 2. The first-order valence-corrected chi connectivity index (χ1v) is 11.1. The quantitative estimate of drug-likeness (QED) is 0.523. The van der Waals surface area contributed by atoms with Gasteiger partial charge >= 0.3 is 0 Å². The highest BCUT2D eigenvalue weighted by Gasteiger charge is 2.16. The van der Waals surface area contributed by atoms with Crippen LogP contribution in [0.25, 0.3) is 6.08 Å². The Morgan fingerprint density at radius 2 is 1.55 bits per heavy atom. The molecule has 0 unspecified atom stereocenters. The highest BCUT2D eigenvalue weighted by molar-refractivity contribution is 7.92. The summed E-state index contributed by atoms with van der Waals surface area (Å²) in [4.78, 5) is 12.3. The van der Waals surface area contributed by atoms with E-state index in [2.05, 4.69) is 10.0 Å². The van der Waals surface area contributed by atoms with Crippen molar-refractivity contribution < 1.29 is 17.9 Å². The minimum atomic E-state index is -3.75. The summed E-state index contributed by atoms with van der Waals surface area (Å²) in [6.07, 6.45) is 3.05. The molecule has 0 spiro atoms. The molecule has 0 aliphatic carbocycles. The summed E-state index contributed by atoms with van der Waals surface area (Å²) in [6.45, 7) is 3.70. The number of hydrogen-bond acceptors (Lipinski definition) is 4. The molecule has 3 aromatic rings. The van der Waals surface area contributed by atoms with E-state index in [0.29, 0.717) is 17.1 Å². The maximum Gasteiger partial charge on any atom is 0.261 e. The Morgan fingerprint density at radius 3 is 2.19 bits per heavy atom. The van der Waals surface area contributed by atoms with Gasteiger partial charge in [-0.3, -0.25) is 9.52 Å². The van der Waals surface area contributed by atoms with E-state index in [1.54, 1.807) is 25.3 Å². The van der Waals surface area contributed by atoms with E-state index in [4.69, 9.17) is 4.74 Å². The normalized spacial score (nSPS) is 11.3. The Bertz CT molecular complexity index is 1200. The highest BCUT2D eigenvalue weighted by atomic mass is 32.2. The zero-order valence-electron chi connectivity index (χ0n) is 17.5. The Kier molecular flexibility index (Phi) is 6.77. The average molecular weight is 437 g/mol. The Hall–Kier alpha value is -3.58. The summed E-state index contributed by atoms with van der Waals surface area (Å²) < 4.78 is 33.4. The molecule has 7 heteroatoms. The summed E-state index contributed by atoms with van der Waals surface area (Å²) in [6, 6.07) is 18.9. The van der Waals surface area contributed by atoms with Crippen LogP contribution in [-0.2, 0) is 14.8 Å². The van der Waals surface area contributed by atoms with Gasteiger partial charge in [-0.25, -0.2) is 8.42 Å². The topological polar surface area (TPSA) is 84.5 Å². The average Bonchev–Trinajstić information content (AvgIpc) is 2.75. The largest absolute Gasteiger partial charge is 0.496 e. The van der Waals surface area contributed by atoms with E-state index in [9.17, 15) is 13.2 Å². The van der Waals surface area contributed by atoms with Crippen LogP contribution in [0.1, 0.15) is 16.7 Å². The maximum atomic E-state index is 12.7. The number of amides is 1. The summed E-state index contributed by atoms with van der Waals surface area (Å²) in [7, 11) is -2.18. The Balaban J connectivity index is 1.69. The molecule has 31 heavy (non-hydrogen) atoms. The zero-order valence-corrected chi connectivity index (χ0v) is 18.4. The molecule has 160 valence electrons. The third-order valence-electron chi connectivity index (χ3n) is 4.70. The number of hydrogen-bond donors (Lipinski definition) is 2. The second-order valence-electron chi connectivity index (χ2n) is 6.96. The van der Waals surface area contributed by atoms with Gasteiger partial charge in [0.2, 0.25) is 5.91 Å². The van der Waals surface area contributed by atoms with E-state index in [-0.39, 0.29) is 10.8 Å². The molecule has 0 heterocycles. The lowest BCUT2D eigenvalue weighted by Crippen LogP contribution is -2.15. The van der Waals surface area contributed by atoms with E-state index in [1.807, 2.05) is 56.3 Å². The van der Waals surface area contributed by atoms with Gasteiger partial charge in [-0.1, -0.05) is 36.4 Å². The molecule has 0 fully saturated rings. The van der Waals surface area contributed by atoms with Gasteiger partial charge in [0.05, 0.1) is 17.7 Å². The monoisotopic (exact) mass is 436 g/mol. The van der Waals surface area contributed by atoms with Crippen LogP contribution in [0.5, 0.6) is 5.75 Å². The molecular weight excluding hydrogens is 412 g/mol. The lowest BCUT2D eigenvalue weighted by Gasteiger charge is -2.13. The molecule has 3 aromatic carbocycles. The van der Waals surface area contributed by atoms with Gasteiger partial charge in [0.15, 0.2) is 0 Å². The highest BCUT2D eigenvalue weighted by Crippen LogP contribution is 2.24. The van der Waals surface area contributed by atoms with E-state index < -0.39 is 10.0 Å². The summed E-state index contributed by atoms with van der Waals surface area (Å²) in [5.41, 5.74) is 3.52. The third kappa shape index (κ3) is 5.52. The van der Waals surface area contributed by atoms with Crippen molar-refractivity contribution in [2.75, 3.05) is 17.1 Å². The molecule has 0 bridgehead atoms. The van der Waals surface area contributed by atoms with Crippen molar-refractivity contribution in [2.45, 2.75) is 18.7 Å². The summed E-state index contributed by atoms with van der Waals surface area (Å²) in [5, 5.41) is 2.71. The van der Waals surface area contributed by atoms with Crippen molar-refractivity contribution in [1.82, 2.24) is 0 Å². The van der Waals surface area contributed by atoms with Crippen LogP contribution in [0.4, 0.5) is 11.4 Å². The fourth-order valence-electron chi connectivity index (χ4n) is 3.04. The predicted molar refractivity (Wildman–Crippen MR) is 124 cm³/mol. The number of ether oxygens (including phenoxy) is 1. The van der Waals surface area contributed by atoms with Gasteiger partial charge in [-0.15, -0.1) is 0 Å². The minimum Gasteiger partial charge on any atom is -0.496 e. The van der Waals surface area contributed by atoms with Crippen LogP contribution < -0.4 is 14.8 Å². The minimum absolute atomic E-state index is 0.109. The predicted octanol–water partition coefficient (Wildman–Crippen LogP) is 4.76. The molecule has 6 nitrogen and oxygen atoms in total. The van der Waals surface area contributed by atoms with Crippen LogP contribution in [0.15, 0.2) is 77.7 Å². The van der Waals surface area contributed by atoms with Crippen LogP contribution in [-0.4, -0.2) is 21.4 Å². The number of rotatable bonds is 7. The number of methoxy groups -OCH3 is 1. The first kappa shape index (κ1) is 22.1. The molecule has 0 radical (unpaired) electrons. The zero-order chi connectivity index (χ0) is 22.4. The number of para-hydroxylation sites is 2. The van der Waals surface area contributed by atoms with Gasteiger partial charge in [-0.05, 0) is 61.4 Å². The number of aryl methyl sites for hydroxylation is 2. The van der Waals surface area contributed by atoms with E-state index in [0.717, 1.165) is 16.7 Å². The first-order valence-electron chi connectivity index (χ1n) is 9.61. The van der Waals surface area contributed by atoms with Gasteiger partial charge in [0.25, 0.3) is 10.0 Å². The number of benzene rings is 3. The smallest absolute Gasteiger partial charge is 0.261 e. The van der Waals surface area contributed by atoms with Gasteiger partial charge in [0, 0.05) is 17.3 Å². The lowest BCUT2D eigenvalue weighted by atomic mass is 10.1. The fourth-order valence-corrected chi connectivity index (χ4v) is 4.24. The molecule has 0 aromatic heterocycles. The second kappa shape index (κ2) is 9.49. The van der Waals surface area contributed by atoms with Crippen molar-refractivity contribution in [1.29, 1.82) is 0 Å². The third-order valence-corrected chi connectivity index (χ3v) is 6.07. The molecule has 0 atom stereocenters. The van der Waals surface area contributed by atoms with Crippen LogP contribution >= 0.6 is 0 Å². The lowest BCUT2D eigenvalue weighted by molar-refractivity contribution is -0.111. The molecule has 0 aliphatic heterocycles. The van der Waals surface area contributed by atoms with Crippen LogP contribution in [0.2, 0.25) is 0 Å². The van der Waals surface area contributed by atoms with Crippen molar-refractivity contribution in [3.8, 4) is 5.75 Å². The Morgan fingerprint density at radius 1 is 0.903 bits per heavy atom. The molecule has 2 N–H and O–H groups in total. The van der Waals surface area contributed by atoms with E-state index >= 15 is 0 Å².